The summed E-state index contributed by atoms with van der Waals surface area (Å²) in [5.41, 5.74) is 0. The summed E-state index contributed by atoms with van der Waals surface area (Å²) in [5.74, 6) is -1.17. The van der Waals surface area contributed by atoms with Crippen LogP contribution in [0.1, 0.15) is 6.42 Å². The van der Waals surface area contributed by atoms with E-state index in [1.165, 1.54) is 0 Å². The summed E-state index contributed by atoms with van der Waals surface area (Å²) in [6, 6.07) is -0.643. The molecule has 54 valence electrons. The van der Waals surface area contributed by atoms with Crippen LogP contribution in [0.3, 0.4) is 0 Å². The first-order chi connectivity index (χ1) is 4.61. The van der Waals surface area contributed by atoms with Crippen molar-refractivity contribution in [3.8, 4) is 0 Å². The highest BCUT2D eigenvalue weighted by atomic mass is 16.5. The van der Waals surface area contributed by atoms with Crippen molar-refractivity contribution in [2.24, 2.45) is 0 Å². The van der Waals surface area contributed by atoms with Crippen LogP contribution < -0.4 is 0 Å². The Hall–Kier alpha value is -0.545. The first-order valence-corrected chi connectivity index (χ1v) is 2.93. The van der Waals surface area contributed by atoms with E-state index >= 15 is 0 Å². The minimum Gasteiger partial charge on any atom is -0.479 e. The molecule has 2 N–H and O–H groups in total. The second-order valence-electron chi connectivity index (χ2n) is 2.24. The number of aliphatic carboxylic acids is 1. The van der Waals surface area contributed by atoms with Gasteiger partial charge in [0.05, 0.1) is 6.10 Å². The van der Waals surface area contributed by atoms with Gasteiger partial charge in [0.1, 0.15) is 7.85 Å². The van der Waals surface area contributed by atoms with Crippen molar-refractivity contribution in [3.63, 3.8) is 0 Å². The van der Waals surface area contributed by atoms with Crippen LogP contribution in [0.2, 0.25) is 0 Å². The molecule has 0 amide bonds. The summed E-state index contributed by atoms with van der Waals surface area (Å²) in [7, 11) is 5.21. The molecular formula is C5H7BO4. The Bertz CT molecular complexity index is 149. The van der Waals surface area contributed by atoms with Crippen LogP contribution in [-0.2, 0) is 9.53 Å². The predicted octanol–water partition coefficient (Wildman–Crippen LogP) is -1.28. The molecule has 0 saturated carbocycles. The lowest BCUT2D eigenvalue weighted by atomic mass is 9.96. The third-order valence-corrected chi connectivity index (χ3v) is 1.39. The minimum atomic E-state index is -1.17. The third-order valence-electron chi connectivity index (χ3n) is 1.39. The molecule has 0 spiro atoms. The molecule has 1 fully saturated rings. The molecular weight excluding hydrogens is 135 g/mol. The van der Waals surface area contributed by atoms with Gasteiger partial charge in [-0.15, -0.1) is 0 Å². The topological polar surface area (TPSA) is 66.8 Å². The number of hydrogen-bond donors (Lipinski definition) is 2. The van der Waals surface area contributed by atoms with Gasteiger partial charge in [0.15, 0.2) is 6.10 Å². The van der Waals surface area contributed by atoms with E-state index in [2.05, 4.69) is 4.74 Å². The minimum absolute atomic E-state index is 0.191. The first kappa shape index (κ1) is 7.56. The Balaban J connectivity index is 2.54. The molecule has 1 saturated heterocycles. The van der Waals surface area contributed by atoms with E-state index in [9.17, 15) is 4.79 Å². The van der Waals surface area contributed by atoms with Crippen LogP contribution in [0.5, 0.6) is 0 Å². The number of carboxylic acid groups (broad SMARTS) is 1. The van der Waals surface area contributed by atoms with Crippen LogP contribution in [0.25, 0.3) is 0 Å². The number of aliphatic hydroxyl groups excluding tert-OH is 1. The molecule has 1 aliphatic rings. The number of rotatable bonds is 1. The van der Waals surface area contributed by atoms with Crippen molar-refractivity contribution in [2.45, 2.75) is 24.6 Å². The van der Waals surface area contributed by atoms with Crippen molar-refractivity contribution in [3.05, 3.63) is 0 Å². The lowest BCUT2D eigenvalue weighted by molar-refractivity contribution is -0.151. The van der Waals surface area contributed by atoms with E-state index in [0.717, 1.165) is 0 Å². The molecule has 0 aromatic heterocycles. The maximum atomic E-state index is 10.2. The van der Waals surface area contributed by atoms with Gasteiger partial charge in [0.25, 0.3) is 0 Å². The van der Waals surface area contributed by atoms with Gasteiger partial charge >= 0.3 is 5.97 Å². The molecule has 3 unspecified atom stereocenters. The van der Waals surface area contributed by atoms with E-state index in [-0.39, 0.29) is 6.42 Å². The van der Waals surface area contributed by atoms with Gasteiger partial charge in [-0.2, -0.15) is 0 Å². The Labute approximate surface area is 59.2 Å². The van der Waals surface area contributed by atoms with Gasteiger partial charge in [0.2, 0.25) is 0 Å². The van der Waals surface area contributed by atoms with Crippen molar-refractivity contribution < 1.29 is 19.7 Å². The highest BCUT2D eigenvalue weighted by Crippen LogP contribution is 2.17. The standard InChI is InChI=1S/C5H7BO4/c6-3-1-2(7)4(10-3)5(8)9/h2-4,7H,1H2,(H,8,9). The fourth-order valence-corrected chi connectivity index (χ4v) is 0.919. The summed E-state index contributed by atoms with van der Waals surface area (Å²) in [6.07, 6.45) is -1.92. The average Bonchev–Trinajstić information content (AvgIpc) is 2.10. The van der Waals surface area contributed by atoms with Gasteiger partial charge < -0.3 is 14.9 Å². The molecule has 0 bridgehead atoms. The van der Waals surface area contributed by atoms with Crippen LogP contribution in [0, 0.1) is 0 Å². The zero-order valence-electron chi connectivity index (χ0n) is 5.23. The summed E-state index contributed by atoms with van der Waals surface area (Å²) in [6.45, 7) is 0. The lowest BCUT2D eigenvalue weighted by Gasteiger charge is -2.06. The SMILES string of the molecule is [B]C1CC(O)C(C(=O)O)O1. The van der Waals surface area contributed by atoms with Crippen molar-refractivity contribution in [1.29, 1.82) is 0 Å². The molecule has 1 rings (SSSR count). The smallest absolute Gasteiger partial charge is 0.335 e. The Kier molecular flexibility index (Phi) is 1.96. The summed E-state index contributed by atoms with van der Waals surface area (Å²) >= 11 is 0. The molecule has 5 heteroatoms. The maximum Gasteiger partial charge on any atom is 0.335 e. The van der Waals surface area contributed by atoms with Crippen LogP contribution in [0.15, 0.2) is 0 Å². The summed E-state index contributed by atoms with van der Waals surface area (Å²) < 4.78 is 4.66. The number of hydrogen-bond acceptors (Lipinski definition) is 3. The fraction of sp³-hybridized carbons (Fsp3) is 0.800. The maximum absolute atomic E-state index is 10.2. The molecule has 0 aromatic carbocycles. The average molecular weight is 142 g/mol. The molecule has 1 heterocycles. The van der Waals surface area contributed by atoms with E-state index in [1.54, 1.807) is 0 Å². The second kappa shape index (κ2) is 2.60. The van der Waals surface area contributed by atoms with Crippen LogP contribution >= 0.6 is 0 Å². The molecule has 1 aliphatic heterocycles. The molecule has 10 heavy (non-hydrogen) atoms. The largest absolute Gasteiger partial charge is 0.479 e. The lowest BCUT2D eigenvalue weighted by Crippen LogP contribution is -2.29. The van der Waals surface area contributed by atoms with E-state index in [4.69, 9.17) is 18.1 Å². The Morgan fingerprint density at radius 3 is 2.50 bits per heavy atom. The zero-order chi connectivity index (χ0) is 7.72. The highest BCUT2D eigenvalue weighted by Gasteiger charge is 2.36. The monoisotopic (exact) mass is 142 g/mol. The van der Waals surface area contributed by atoms with Crippen molar-refractivity contribution in [2.75, 3.05) is 0 Å². The molecule has 2 radical (unpaired) electrons. The highest BCUT2D eigenvalue weighted by molar-refractivity contribution is 6.11. The van der Waals surface area contributed by atoms with E-state index in [0.29, 0.717) is 0 Å². The Morgan fingerprint density at radius 2 is 2.30 bits per heavy atom. The molecule has 0 aliphatic carbocycles. The number of aliphatic hydroxyl groups is 1. The molecule has 0 aromatic rings. The van der Waals surface area contributed by atoms with Crippen LogP contribution in [-0.4, -0.2) is 42.2 Å². The summed E-state index contributed by atoms with van der Waals surface area (Å²) in [4.78, 5) is 10.2. The number of ether oxygens (including phenoxy) is 1. The fourth-order valence-electron chi connectivity index (χ4n) is 0.919. The molecule has 3 atom stereocenters. The van der Waals surface area contributed by atoms with E-state index in [1.807, 2.05) is 0 Å². The van der Waals surface area contributed by atoms with Gasteiger partial charge in [-0.1, -0.05) is 0 Å². The number of carbonyl (C=O) groups is 1. The third kappa shape index (κ3) is 1.30. The first-order valence-electron chi connectivity index (χ1n) is 2.93. The van der Waals surface area contributed by atoms with Gasteiger partial charge in [-0.3, -0.25) is 0 Å². The summed E-state index contributed by atoms with van der Waals surface area (Å²) in [5, 5.41) is 17.3. The van der Waals surface area contributed by atoms with Gasteiger partial charge in [0, 0.05) is 6.00 Å². The number of carboxylic acids is 1. The van der Waals surface area contributed by atoms with Crippen molar-refractivity contribution >= 4 is 13.8 Å². The van der Waals surface area contributed by atoms with Gasteiger partial charge in [-0.05, 0) is 6.42 Å². The normalized spacial score (nSPS) is 39.9. The quantitative estimate of drug-likeness (QED) is 0.447. The zero-order valence-corrected chi connectivity index (χ0v) is 5.23. The molecule has 4 nitrogen and oxygen atoms in total. The van der Waals surface area contributed by atoms with Gasteiger partial charge in [-0.25, -0.2) is 4.79 Å². The van der Waals surface area contributed by atoms with Crippen LogP contribution in [0.4, 0.5) is 0 Å². The Morgan fingerprint density at radius 1 is 1.70 bits per heavy atom. The second-order valence-corrected chi connectivity index (χ2v) is 2.24. The predicted molar refractivity (Wildman–Crippen MR) is 32.7 cm³/mol. The van der Waals surface area contributed by atoms with E-state index < -0.39 is 24.2 Å². The van der Waals surface area contributed by atoms with Crippen molar-refractivity contribution in [1.82, 2.24) is 0 Å².